The Balaban J connectivity index is 1.55. The third-order valence-electron chi connectivity index (χ3n) is 4.95. The molecule has 0 saturated carbocycles. The number of nitro benzene ring substituents is 1. The van der Waals surface area contributed by atoms with Crippen LogP contribution in [0.4, 0.5) is 11.4 Å². The van der Waals surface area contributed by atoms with Gasteiger partial charge in [-0.05, 0) is 43.5 Å². The van der Waals surface area contributed by atoms with Crippen LogP contribution in [0, 0.1) is 17.0 Å². The van der Waals surface area contributed by atoms with Crippen molar-refractivity contribution < 1.29 is 24.0 Å². The maximum absolute atomic E-state index is 12.5. The number of esters is 1. The monoisotopic (exact) mass is 457 g/mol. The summed E-state index contributed by atoms with van der Waals surface area (Å²) in [6, 6.07) is 10.8. The Morgan fingerprint density at radius 2 is 1.88 bits per heavy atom. The zero-order valence-corrected chi connectivity index (χ0v) is 18.4. The Kier molecular flexibility index (Phi) is 7.82. The lowest BCUT2D eigenvalue weighted by Crippen LogP contribution is -2.29. The molecule has 2 amide bonds. The second-order valence-electron chi connectivity index (χ2n) is 7.25. The summed E-state index contributed by atoms with van der Waals surface area (Å²) in [5, 5.41) is 13.4. The molecule has 0 spiro atoms. The molecule has 1 fully saturated rings. The fourth-order valence-electron chi connectivity index (χ4n) is 3.26. The maximum Gasteiger partial charge on any atom is 0.339 e. The van der Waals surface area contributed by atoms with Crippen molar-refractivity contribution in [1.29, 1.82) is 0 Å². The van der Waals surface area contributed by atoms with Crippen molar-refractivity contribution in [2.45, 2.75) is 24.7 Å². The number of anilines is 1. The average Bonchev–Trinajstić information content (AvgIpc) is 3.32. The molecule has 10 heteroatoms. The highest BCUT2D eigenvalue weighted by molar-refractivity contribution is 8.00. The number of amides is 2. The molecule has 0 atom stereocenters. The molecule has 168 valence electrons. The minimum atomic E-state index is -0.669. The van der Waals surface area contributed by atoms with Crippen LogP contribution in [0.2, 0.25) is 0 Å². The van der Waals surface area contributed by atoms with Gasteiger partial charge in [-0.3, -0.25) is 19.7 Å². The van der Waals surface area contributed by atoms with Gasteiger partial charge in [-0.25, -0.2) is 4.79 Å². The molecule has 9 nitrogen and oxygen atoms in total. The van der Waals surface area contributed by atoms with Gasteiger partial charge < -0.3 is 15.0 Å². The zero-order valence-electron chi connectivity index (χ0n) is 17.5. The predicted octanol–water partition coefficient (Wildman–Crippen LogP) is 3.41. The van der Waals surface area contributed by atoms with Crippen LogP contribution in [0.25, 0.3) is 0 Å². The lowest BCUT2D eigenvalue weighted by Gasteiger charge is -2.15. The second-order valence-corrected chi connectivity index (χ2v) is 8.27. The van der Waals surface area contributed by atoms with Gasteiger partial charge in [0.15, 0.2) is 6.61 Å². The number of benzene rings is 2. The number of thioether (sulfide) groups is 1. The van der Waals surface area contributed by atoms with Crippen molar-refractivity contribution in [3.63, 3.8) is 0 Å². The van der Waals surface area contributed by atoms with Gasteiger partial charge in [-0.2, -0.15) is 0 Å². The Bertz CT molecular complexity index is 1040. The highest BCUT2D eigenvalue weighted by Crippen LogP contribution is 2.25. The van der Waals surface area contributed by atoms with Crippen LogP contribution in [0.3, 0.4) is 0 Å². The molecule has 0 radical (unpaired) electrons. The van der Waals surface area contributed by atoms with Gasteiger partial charge in [-0.15, -0.1) is 11.8 Å². The van der Waals surface area contributed by atoms with Crippen molar-refractivity contribution >= 4 is 40.9 Å². The van der Waals surface area contributed by atoms with Crippen LogP contribution in [0.1, 0.15) is 28.8 Å². The first-order valence-corrected chi connectivity index (χ1v) is 11.1. The van der Waals surface area contributed by atoms with E-state index in [0.29, 0.717) is 16.1 Å². The fourth-order valence-corrected chi connectivity index (χ4v) is 4.20. The number of hydrogen-bond donors (Lipinski definition) is 1. The molecule has 0 aromatic heterocycles. The Morgan fingerprint density at radius 3 is 2.56 bits per heavy atom. The molecular formula is C22H23N3O6S. The molecule has 1 heterocycles. The molecule has 1 aliphatic heterocycles. The van der Waals surface area contributed by atoms with Gasteiger partial charge in [0.25, 0.3) is 11.6 Å². The van der Waals surface area contributed by atoms with Crippen LogP contribution in [-0.4, -0.2) is 53.1 Å². The number of nitrogens with zero attached hydrogens (tertiary/aromatic N) is 2. The normalized spacial score (nSPS) is 13.0. The molecule has 0 unspecified atom stereocenters. The van der Waals surface area contributed by atoms with Crippen LogP contribution in [0.5, 0.6) is 0 Å². The molecule has 3 rings (SSSR count). The minimum Gasteiger partial charge on any atom is -0.452 e. The quantitative estimate of drug-likeness (QED) is 0.279. The largest absolute Gasteiger partial charge is 0.452 e. The molecule has 32 heavy (non-hydrogen) atoms. The van der Waals surface area contributed by atoms with E-state index in [1.807, 2.05) is 4.90 Å². The second kappa shape index (κ2) is 10.8. The molecule has 1 saturated heterocycles. The van der Waals surface area contributed by atoms with Crippen molar-refractivity contribution in [1.82, 2.24) is 4.90 Å². The maximum atomic E-state index is 12.5. The van der Waals surface area contributed by atoms with Gasteiger partial charge in [0, 0.05) is 35.8 Å². The van der Waals surface area contributed by atoms with E-state index in [1.165, 1.54) is 30.0 Å². The van der Waals surface area contributed by atoms with E-state index in [9.17, 15) is 24.5 Å². The Morgan fingerprint density at radius 1 is 1.16 bits per heavy atom. The van der Waals surface area contributed by atoms with Gasteiger partial charge in [-0.1, -0.05) is 12.1 Å². The molecule has 0 aliphatic carbocycles. The van der Waals surface area contributed by atoms with Crippen LogP contribution in [0.15, 0.2) is 47.4 Å². The van der Waals surface area contributed by atoms with E-state index in [-0.39, 0.29) is 22.9 Å². The first-order chi connectivity index (χ1) is 15.3. The molecule has 2 aromatic carbocycles. The summed E-state index contributed by atoms with van der Waals surface area (Å²) in [5.41, 5.74) is 1.12. The Hall–Kier alpha value is -3.40. The zero-order chi connectivity index (χ0) is 23.1. The number of rotatable bonds is 8. The molecule has 1 aliphatic rings. The molecular weight excluding hydrogens is 434 g/mol. The van der Waals surface area contributed by atoms with Gasteiger partial charge in [0.1, 0.15) is 0 Å². The van der Waals surface area contributed by atoms with E-state index in [1.54, 1.807) is 31.2 Å². The smallest absolute Gasteiger partial charge is 0.339 e. The van der Waals surface area contributed by atoms with Crippen molar-refractivity contribution in [2.75, 3.05) is 30.8 Å². The van der Waals surface area contributed by atoms with Crippen molar-refractivity contribution in [3.8, 4) is 0 Å². The molecule has 0 bridgehead atoms. The summed E-state index contributed by atoms with van der Waals surface area (Å²) in [4.78, 5) is 49.7. The van der Waals surface area contributed by atoms with Crippen LogP contribution >= 0.6 is 11.8 Å². The fraction of sp³-hybridized carbons (Fsp3) is 0.318. The lowest BCUT2D eigenvalue weighted by atomic mass is 10.2. The van der Waals surface area contributed by atoms with E-state index in [0.717, 1.165) is 25.9 Å². The van der Waals surface area contributed by atoms with E-state index < -0.39 is 23.4 Å². The van der Waals surface area contributed by atoms with Gasteiger partial charge >= 0.3 is 5.97 Å². The van der Waals surface area contributed by atoms with E-state index in [2.05, 4.69) is 5.32 Å². The summed E-state index contributed by atoms with van der Waals surface area (Å²) in [7, 11) is 0. The lowest BCUT2D eigenvalue weighted by molar-refractivity contribution is -0.384. The number of nitrogens with one attached hydrogen (secondary N) is 1. The third kappa shape index (κ3) is 6.07. The topological polar surface area (TPSA) is 119 Å². The third-order valence-corrected chi connectivity index (χ3v) is 6.00. The first kappa shape index (κ1) is 23.3. The number of carbonyl (C=O) groups is 3. The van der Waals surface area contributed by atoms with E-state index in [4.69, 9.17) is 4.74 Å². The van der Waals surface area contributed by atoms with Crippen molar-refractivity contribution in [3.05, 3.63) is 63.7 Å². The number of hydrogen-bond acceptors (Lipinski definition) is 7. The van der Waals surface area contributed by atoms with Crippen molar-refractivity contribution in [2.24, 2.45) is 0 Å². The highest BCUT2D eigenvalue weighted by Gasteiger charge is 2.20. The summed E-state index contributed by atoms with van der Waals surface area (Å²) in [6.45, 7) is 2.66. The number of non-ortho nitro benzene ring substituents is 1. The average molecular weight is 458 g/mol. The van der Waals surface area contributed by atoms with Crippen LogP contribution in [-0.2, 0) is 14.3 Å². The standard InChI is InChI=1S/C22H23N3O6S/c1-15-12-16(25(29)30)8-9-18(15)23-20(26)13-31-22(28)17-6-2-3-7-19(17)32-14-21(27)24-10-4-5-11-24/h2-3,6-9,12H,4-5,10-11,13-14H2,1H3,(H,23,26). The minimum absolute atomic E-state index is 0.0357. The van der Waals surface area contributed by atoms with Gasteiger partial charge in [0.05, 0.1) is 16.2 Å². The van der Waals surface area contributed by atoms with E-state index >= 15 is 0 Å². The van der Waals surface area contributed by atoms with Crippen LogP contribution < -0.4 is 5.32 Å². The SMILES string of the molecule is Cc1cc([N+](=O)[O-])ccc1NC(=O)COC(=O)c1ccccc1SCC(=O)N1CCCC1. The summed E-state index contributed by atoms with van der Waals surface area (Å²) < 4.78 is 5.14. The van der Waals surface area contributed by atoms with Gasteiger partial charge in [0.2, 0.25) is 5.91 Å². The molecule has 1 N–H and O–H groups in total. The predicted molar refractivity (Wildman–Crippen MR) is 120 cm³/mol. The number of nitro groups is 1. The highest BCUT2D eigenvalue weighted by atomic mass is 32.2. The number of aryl methyl sites for hydroxylation is 1. The summed E-state index contributed by atoms with van der Waals surface area (Å²) >= 11 is 1.27. The number of likely N-dealkylation sites (tertiary alicyclic amines) is 1. The molecule has 2 aromatic rings. The number of carbonyl (C=O) groups excluding carboxylic acids is 3. The Labute approximate surface area is 189 Å². The summed E-state index contributed by atoms with van der Waals surface area (Å²) in [6.07, 6.45) is 2.03. The summed E-state index contributed by atoms with van der Waals surface area (Å²) in [5.74, 6) is -0.972. The first-order valence-electron chi connectivity index (χ1n) is 10.1. The number of ether oxygens (including phenoxy) is 1.